The molecule has 0 saturated heterocycles. The Morgan fingerprint density at radius 3 is 1.04 bits per heavy atom. The van der Waals surface area contributed by atoms with E-state index >= 15 is 0 Å². The van der Waals surface area contributed by atoms with Gasteiger partial charge in [0.05, 0.1) is 0 Å². The van der Waals surface area contributed by atoms with Gasteiger partial charge in [-0.2, -0.15) is 0 Å². The Morgan fingerprint density at radius 2 is 0.815 bits per heavy atom. The van der Waals surface area contributed by atoms with Crippen LogP contribution in [0, 0.1) is 0 Å². The van der Waals surface area contributed by atoms with Crippen molar-refractivity contribution in [3.05, 3.63) is 82.4 Å². The van der Waals surface area contributed by atoms with Crippen LogP contribution < -0.4 is 0 Å². The molecule has 0 spiro atoms. The SMILES string of the molecule is CC(C)(C)[N-][C@@H](c1ccccc1)[C@@H]([N-]C(C)(C)C)c1ccccc1.[OH-].[OH-].[Os+4]. The molecule has 2 rings (SSSR count). The molecule has 0 heterocycles. The van der Waals surface area contributed by atoms with Crippen LogP contribution >= 0.6 is 0 Å². The topological polar surface area (TPSA) is 88.2 Å². The van der Waals surface area contributed by atoms with Crippen molar-refractivity contribution in [1.82, 2.24) is 0 Å². The maximum atomic E-state index is 5.15. The first-order valence-corrected chi connectivity index (χ1v) is 8.70. The number of nitrogens with zero attached hydrogens (tertiary/aromatic N) is 2. The fraction of sp³-hybridized carbons (Fsp3) is 0.455. The van der Waals surface area contributed by atoms with Crippen LogP contribution in [0.2, 0.25) is 0 Å². The Labute approximate surface area is 177 Å². The van der Waals surface area contributed by atoms with E-state index in [9.17, 15) is 0 Å². The second kappa shape index (κ2) is 11.7. The summed E-state index contributed by atoms with van der Waals surface area (Å²) in [6, 6.07) is 21.1. The second-order valence-electron chi connectivity index (χ2n) is 8.31. The fourth-order valence-electron chi connectivity index (χ4n) is 2.79. The molecule has 0 aromatic heterocycles. The van der Waals surface area contributed by atoms with E-state index in [1.54, 1.807) is 0 Å². The van der Waals surface area contributed by atoms with Crippen molar-refractivity contribution in [2.45, 2.75) is 64.7 Å². The Balaban J connectivity index is 0. The summed E-state index contributed by atoms with van der Waals surface area (Å²) in [6.45, 7) is 12.9. The maximum Gasteiger partial charge on any atom is 4.00 e. The third-order valence-electron chi connectivity index (χ3n) is 3.63. The van der Waals surface area contributed by atoms with Crippen LogP contribution in [-0.4, -0.2) is 22.0 Å². The number of benzene rings is 2. The Kier molecular flexibility index (Phi) is 12.2. The predicted molar refractivity (Wildman–Crippen MR) is 108 cm³/mol. The normalized spacial score (nSPS) is 13.4. The van der Waals surface area contributed by atoms with E-state index in [4.69, 9.17) is 10.6 Å². The molecule has 2 aromatic rings. The number of hydrogen-bond donors (Lipinski definition) is 0. The van der Waals surface area contributed by atoms with E-state index in [0.717, 1.165) is 0 Å². The molecule has 0 aliphatic heterocycles. The quantitative estimate of drug-likeness (QED) is 0.431. The third kappa shape index (κ3) is 9.60. The van der Waals surface area contributed by atoms with Crippen molar-refractivity contribution in [1.29, 1.82) is 0 Å². The molecule has 0 amide bonds. The van der Waals surface area contributed by atoms with E-state index < -0.39 is 0 Å². The molecule has 0 aliphatic rings. The maximum absolute atomic E-state index is 5.15. The summed E-state index contributed by atoms with van der Waals surface area (Å²) in [5, 5.41) is 10.3. The summed E-state index contributed by atoms with van der Waals surface area (Å²) in [6.07, 6.45) is 0. The summed E-state index contributed by atoms with van der Waals surface area (Å²) < 4.78 is 0. The summed E-state index contributed by atoms with van der Waals surface area (Å²) in [5.74, 6) is 0. The smallest absolute Gasteiger partial charge is 0.870 e. The molecule has 0 saturated carbocycles. The van der Waals surface area contributed by atoms with Gasteiger partial charge in [0.1, 0.15) is 0 Å². The van der Waals surface area contributed by atoms with E-state index in [0.29, 0.717) is 0 Å². The van der Waals surface area contributed by atoms with Crippen LogP contribution in [0.25, 0.3) is 10.6 Å². The molecule has 0 bridgehead atoms. The van der Waals surface area contributed by atoms with Gasteiger partial charge in [0.2, 0.25) is 0 Å². The van der Waals surface area contributed by atoms with Crippen LogP contribution in [0.15, 0.2) is 60.7 Å². The minimum Gasteiger partial charge on any atom is -0.870 e. The predicted octanol–water partition coefficient (Wildman–Crippen LogP) is 6.46. The van der Waals surface area contributed by atoms with E-state index in [1.165, 1.54) is 11.1 Å². The molecule has 27 heavy (non-hydrogen) atoms. The van der Waals surface area contributed by atoms with Crippen LogP contribution in [0.1, 0.15) is 64.8 Å². The van der Waals surface area contributed by atoms with Crippen molar-refractivity contribution in [3.8, 4) is 0 Å². The summed E-state index contributed by atoms with van der Waals surface area (Å²) in [7, 11) is 0. The number of hydrogen-bond acceptors (Lipinski definition) is 2. The van der Waals surface area contributed by atoms with Crippen LogP contribution in [0.3, 0.4) is 0 Å². The first kappa shape index (κ1) is 28.1. The standard InChI is InChI=1S/C22H30N2.2H2O.Os/c1-21(2,3)23-19(17-13-9-7-10-14-17)20(24-22(4,5)6)18-15-11-8-12-16-18;;;/h7-16,19-20H,1-6H3;2*1H2;/q-2;;;+4/p-2/t19-,20-;;;/m0.../s1. The molecule has 0 aliphatic carbocycles. The second-order valence-corrected chi connectivity index (χ2v) is 8.31. The van der Waals surface area contributed by atoms with Crippen LogP contribution in [0.5, 0.6) is 0 Å². The first-order chi connectivity index (χ1) is 11.2. The zero-order valence-electron chi connectivity index (χ0n) is 17.1. The molecule has 0 fully saturated rings. The molecular weight excluding hydrogens is 514 g/mol. The van der Waals surface area contributed by atoms with E-state index in [1.807, 2.05) is 0 Å². The van der Waals surface area contributed by atoms with Gasteiger partial charge < -0.3 is 21.6 Å². The monoisotopic (exact) mass is 548 g/mol. The molecule has 2 aromatic carbocycles. The molecule has 0 unspecified atom stereocenters. The minimum atomic E-state index is -0.124. The molecule has 2 atom stereocenters. The van der Waals surface area contributed by atoms with Crippen molar-refractivity contribution in [2.24, 2.45) is 0 Å². The Hall–Kier alpha value is -1.08. The molecule has 5 heteroatoms. The van der Waals surface area contributed by atoms with Gasteiger partial charge in [0, 0.05) is 0 Å². The number of rotatable bonds is 5. The van der Waals surface area contributed by atoms with E-state index in [-0.39, 0.29) is 53.9 Å². The molecule has 0 radical (unpaired) electrons. The summed E-state index contributed by atoms with van der Waals surface area (Å²) in [4.78, 5) is 0. The van der Waals surface area contributed by atoms with Gasteiger partial charge in [0.25, 0.3) is 0 Å². The van der Waals surface area contributed by atoms with Gasteiger partial charge in [-0.15, -0.1) is 23.2 Å². The van der Waals surface area contributed by atoms with Gasteiger partial charge in [0.15, 0.2) is 0 Å². The van der Waals surface area contributed by atoms with Gasteiger partial charge in [-0.25, -0.2) is 0 Å². The van der Waals surface area contributed by atoms with Gasteiger partial charge in [-0.1, -0.05) is 113 Å². The molecule has 2 N–H and O–H groups in total. The van der Waals surface area contributed by atoms with Crippen LogP contribution in [-0.2, 0) is 19.8 Å². The summed E-state index contributed by atoms with van der Waals surface area (Å²) in [5.41, 5.74) is 2.19. The van der Waals surface area contributed by atoms with Crippen molar-refractivity contribution >= 4 is 0 Å². The van der Waals surface area contributed by atoms with Crippen molar-refractivity contribution < 1.29 is 30.7 Å². The average Bonchev–Trinajstić information content (AvgIpc) is 2.50. The molecule has 150 valence electrons. The third-order valence-corrected chi connectivity index (χ3v) is 3.63. The Bertz CT molecular complexity index is 565. The Morgan fingerprint density at radius 1 is 0.556 bits per heavy atom. The van der Waals surface area contributed by atoms with Gasteiger partial charge >= 0.3 is 19.8 Å². The molecule has 4 nitrogen and oxygen atoms in total. The largest absolute Gasteiger partial charge is 4.00 e. The van der Waals surface area contributed by atoms with Crippen molar-refractivity contribution in [2.75, 3.05) is 0 Å². The van der Waals surface area contributed by atoms with Crippen molar-refractivity contribution in [3.63, 3.8) is 0 Å². The molecular formula is C22H32N2O2Os. The fourth-order valence-corrected chi connectivity index (χ4v) is 2.79. The average molecular weight is 547 g/mol. The zero-order valence-corrected chi connectivity index (χ0v) is 19.6. The first-order valence-electron chi connectivity index (χ1n) is 8.70. The van der Waals surface area contributed by atoms with Gasteiger partial charge in [-0.3, -0.25) is 0 Å². The van der Waals surface area contributed by atoms with Gasteiger partial charge in [-0.05, 0) is 0 Å². The minimum absolute atomic E-state index is 0. The van der Waals surface area contributed by atoms with E-state index in [2.05, 4.69) is 102 Å². The van der Waals surface area contributed by atoms with Crippen LogP contribution in [0.4, 0.5) is 0 Å². The zero-order chi connectivity index (χ0) is 17.8. The summed E-state index contributed by atoms with van der Waals surface area (Å²) >= 11 is 0.